The number of hydrogen-bond acceptors (Lipinski definition) is 7. The molecule has 0 radical (unpaired) electrons. The molecule has 4 heterocycles. The number of amides is 1. The van der Waals surface area contributed by atoms with Crippen LogP contribution in [-0.2, 0) is 18.3 Å². The summed E-state index contributed by atoms with van der Waals surface area (Å²) in [4.78, 5) is 24.4. The summed E-state index contributed by atoms with van der Waals surface area (Å²) < 4.78 is 18.1. The second kappa shape index (κ2) is 9.83. The second-order valence-electron chi connectivity index (χ2n) is 9.24. The Balaban J connectivity index is 1.52. The molecule has 0 aliphatic carbocycles. The van der Waals surface area contributed by atoms with Gasteiger partial charge >= 0.3 is 6.09 Å². The third kappa shape index (κ3) is 5.32. The number of carbonyl (C=O) groups excluding carboxylic acids is 1. The Bertz CT molecular complexity index is 1350. The quantitative estimate of drug-likeness (QED) is 0.329. The summed E-state index contributed by atoms with van der Waals surface area (Å²) in [5.41, 5.74) is 4.99. The van der Waals surface area contributed by atoms with Crippen molar-refractivity contribution in [3.8, 4) is 22.9 Å². The molecule has 186 valence electrons. The molecular formula is C25H32N6O4. The van der Waals surface area contributed by atoms with Gasteiger partial charge in [0.15, 0.2) is 5.75 Å². The van der Waals surface area contributed by atoms with E-state index in [1.807, 2.05) is 50.7 Å². The van der Waals surface area contributed by atoms with Gasteiger partial charge in [0.2, 0.25) is 0 Å². The number of pyridine rings is 2. The van der Waals surface area contributed by atoms with Gasteiger partial charge in [-0.05, 0) is 38.5 Å². The van der Waals surface area contributed by atoms with Crippen molar-refractivity contribution in [2.24, 2.45) is 7.05 Å². The van der Waals surface area contributed by atoms with Gasteiger partial charge in [0.1, 0.15) is 16.8 Å². The van der Waals surface area contributed by atoms with Crippen LogP contribution in [0.25, 0.3) is 33.3 Å². The van der Waals surface area contributed by atoms with Crippen molar-refractivity contribution in [3.63, 3.8) is 0 Å². The van der Waals surface area contributed by atoms with Crippen molar-refractivity contribution in [2.75, 3.05) is 27.3 Å². The summed E-state index contributed by atoms with van der Waals surface area (Å²) in [5, 5.41) is 7.14. The molecule has 0 aliphatic heterocycles. The standard InChI is InChI=1S/C25H32N6O4/c1-25(2,3)35-24(32)28-10-9-26-13-15-7-8-27-22-16(15)11-18(29-22)17-14-31(4)19-12-20(33-5)23(34-6)30-21(17)19/h7-8,11-12,14,26H,9-10,13H2,1-6H3,(H,27,29)(H,28,32). The Morgan fingerprint density at radius 1 is 1.17 bits per heavy atom. The van der Waals surface area contributed by atoms with Gasteiger partial charge in [-0.25, -0.2) is 14.8 Å². The van der Waals surface area contributed by atoms with Gasteiger partial charge in [-0.2, -0.15) is 0 Å². The minimum Gasteiger partial charge on any atom is -0.491 e. The zero-order valence-electron chi connectivity index (χ0n) is 21.0. The van der Waals surface area contributed by atoms with Crippen molar-refractivity contribution in [1.82, 2.24) is 30.2 Å². The van der Waals surface area contributed by atoms with E-state index < -0.39 is 11.7 Å². The Labute approximate surface area is 204 Å². The molecule has 0 unspecified atom stereocenters. The van der Waals surface area contributed by atoms with Crippen LogP contribution in [0.5, 0.6) is 11.6 Å². The lowest BCUT2D eigenvalue weighted by atomic mass is 10.1. The number of hydrogen-bond donors (Lipinski definition) is 3. The van der Waals surface area contributed by atoms with E-state index in [-0.39, 0.29) is 0 Å². The number of aryl methyl sites for hydroxylation is 1. The number of aromatic amines is 1. The zero-order valence-corrected chi connectivity index (χ0v) is 21.0. The molecule has 4 rings (SSSR count). The van der Waals surface area contributed by atoms with Crippen molar-refractivity contribution in [1.29, 1.82) is 0 Å². The van der Waals surface area contributed by atoms with Crippen LogP contribution < -0.4 is 20.1 Å². The van der Waals surface area contributed by atoms with Gasteiger partial charge in [0.25, 0.3) is 5.88 Å². The van der Waals surface area contributed by atoms with Gasteiger partial charge in [-0.1, -0.05) is 0 Å². The normalized spacial score (nSPS) is 11.7. The monoisotopic (exact) mass is 480 g/mol. The lowest BCUT2D eigenvalue weighted by molar-refractivity contribution is 0.0528. The second-order valence-corrected chi connectivity index (χ2v) is 9.24. The average Bonchev–Trinajstić information content (AvgIpc) is 3.38. The van der Waals surface area contributed by atoms with E-state index in [9.17, 15) is 4.79 Å². The number of H-pyrrole nitrogens is 1. The van der Waals surface area contributed by atoms with Crippen LogP contribution in [0, 0.1) is 0 Å². The average molecular weight is 481 g/mol. The van der Waals surface area contributed by atoms with E-state index in [2.05, 4.69) is 26.7 Å². The summed E-state index contributed by atoms with van der Waals surface area (Å²) in [6.45, 7) is 7.22. The van der Waals surface area contributed by atoms with Crippen LogP contribution >= 0.6 is 0 Å². The molecule has 3 N–H and O–H groups in total. The highest BCUT2D eigenvalue weighted by atomic mass is 16.6. The number of fused-ring (bicyclic) bond motifs is 2. The minimum absolute atomic E-state index is 0.418. The van der Waals surface area contributed by atoms with Crippen molar-refractivity contribution >= 4 is 28.2 Å². The Morgan fingerprint density at radius 3 is 2.69 bits per heavy atom. The Kier molecular flexibility index (Phi) is 6.83. The van der Waals surface area contributed by atoms with Gasteiger partial charge in [0, 0.05) is 56.1 Å². The Hall–Kier alpha value is -3.79. The van der Waals surface area contributed by atoms with E-state index >= 15 is 0 Å². The van der Waals surface area contributed by atoms with E-state index in [1.165, 1.54) is 0 Å². The van der Waals surface area contributed by atoms with Gasteiger partial charge in [0.05, 0.1) is 25.4 Å². The van der Waals surface area contributed by atoms with E-state index in [1.54, 1.807) is 20.4 Å². The molecule has 0 fully saturated rings. The fraction of sp³-hybridized carbons (Fsp3) is 0.400. The highest BCUT2D eigenvalue weighted by molar-refractivity contribution is 5.96. The topological polar surface area (TPSA) is 115 Å². The van der Waals surface area contributed by atoms with E-state index in [4.69, 9.17) is 19.2 Å². The third-order valence-electron chi connectivity index (χ3n) is 5.50. The molecular weight excluding hydrogens is 448 g/mol. The summed E-state index contributed by atoms with van der Waals surface area (Å²) in [7, 11) is 5.15. The summed E-state index contributed by atoms with van der Waals surface area (Å²) >= 11 is 0. The predicted molar refractivity (Wildman–Crippen MR) is 135 cm³/mol. The molecule has 0 spiro atoms. The fourth-order valence-corrected chi connectivity index (χ4v) is 3.92. The van der Waals surface area contributed by atoms with Crippen molar-refractivity contribution in [2.45, 2.75) is 32.9 Å². The first kappa shape index (κ1) is 24.3. The van der Waals surface area contributed by atoms with Crippen molar-refractivity contribution in [3.05, 3.63) is 36.2 Å². The highest BCUT2D eigenvalue weighted by Gasteiger charge is 2.18. The van der Waals surface area contributed by atoms with Crippen LogP contribution in [0.1, 0.15) is 26.3 Å². The van der Waals surface area contributed by atoms with E-state index in [0.717, 1.165) is 38.9 Å². The first-order chi connectivity index (χ1) is 16.7. The smallest absolute Gasteiger partial charge is 0.407 e. The molecule has 10 nitrogen and oxygen atoms in total. The van der Waals surface area contributed by atoms with Crippen LogP contribution in [0.2, 0.25) is 0 Å². The molecule has 35 heavy (non-hydrogen) atoms. The number of alkyl carbamates (subject to hydrolysis) is 1. The van der Waals surface area contributed by atoms with Crippen molar-refractivity contribution < 1.29 is 19.0 Å². The minimum atomic E-state index is -0.511. The molecule has 4 aromatic heterocycles. The van der Waals surface area contributed by atoms with Crippen LogP contribution in [0.15, 0.2) is 30.6 Å². The SMILES string of the molecule is COc1cc2c(nc1OC)c(-c1cc3c(CNCCNC(=O)OC(C)(C)C)ccnc3[nH]1)cn2C. The molecule has 4 aromatic rings. The largest absolute Gasteiger partial charge is 0.491 e. The lowest BCUT2D eigenvalue weighted by Crippen LogP contribution is -2.36. The number of aromatic nitrogens is 4. The maximum absolute atomic E-state index is 11.8. The molecule has 0 saturated carbocycles. The number of nitrogens with zero attached hydrogens (tertiary/aromatic N) is 3. The Morgan fingerprint density at radius 2 is 1.97 bits per heavy atom. The zero-order chi connectivity index (χ0) is 25.2. The molecule has 0 saturated heterocycles. The number of carbonyl (C=O) groups is 1. The molecule has 1 amide bonds. The summed E-state index contributed by atoms with van der Waals surface area (Å²) in [5.74, 6) is 1.02. The third-order valence-corrected chi connectivity index (χ3v) is 5.50. The predicted octanol–water partition coefficient (Wildman–Crippen LogP) is 3.75. The molecule has 10 heteroatoms. The van der Waals surface area contributed by atoms with E-state index in [0.29, 0.717) is 31.3 Å². The molecule has 0 aliphatic rings. The fourth-order valence-electron chi connectivity index (χ4n) is 3.92. The number of rotatable bonds is 8. The lowest BCUT2D eigenvalue weighted by Gasteiger charge is -2.19. The molecule has 0 atom stereocenters. The molecule has 0 aromatic carbocycles. The first-order valence-corrected chi connectivity index (χ1v) is 11.4. The highest BCUT2D eigenvalue weighted by Crippen LogP contribution is 2.36. The maximum Gasteiger partial charge on any atom is 0.407 e. The maximum atomic E-state index is 11.8. The van der Waals surface area contributed by atoms with Crippen LogP contribution in [0.4, 0.5) is 4.79 Å². The molecule has 0 bridgehead atoms. The summed E-state index contributed by atoms with van der Waals surface area (Å²) in [6, 6.07) is 6.00. The van der Waals surface area contributed by atoms with Crippen LogP contribution in [-0.4, -0.2) is 58.5 Å². The first-order valence-electron chi connectivity index (χ1n) is 11.4. The summed E-state index contributed by atoms with van der Waals surface area (Å²) in [6.07, 6.45) is 3.40. The van der Waals surface area contributed by atoms with Gasteiger partial charge in [-0.15, -0.1) is 0 Å². The van der Waals surface area contributed by atoms with Gasteiger partial charge in [-0.3, -0.25) is 0 Å². The number of nitrogens with one attached hydrogen (secondary N) is 3. The number of ether oxygens (including phenoxy) is 3. The number of methoxy groups -OCH3 is 2. The van der Waals surface area contributed by atoms with Crippen LogP contribution in [0.3, 0.4) is 0 Å². The van der Waals surface area contributed by atoms with Gasteiger partial charge < -0.3 is 34.4 Å².